The van der Waals surface area contributed by atoms with Gasteiger partial charge in [-0.05, 0) is 44.7 Å². The molecule has 1 aliphatic carbocycles. The topological polar surface area (TPSA) is 12.0 Å². The quantitative estimate of drug-likeness (QED) is 0.454. The van der Waals surface area contributed by atoms with Crippen LogP contribution in [0.4, 0.5) is 0 Å². The first-order chi connectivity index (χ1) is 11.9. The Kier molecular flexibility index (Phi) is 16.3. The molecule has 1 heteroatoms. The van der Waals surface area contributed by atoms with Gasteiger partial charge in [-0.15, -0.1) is 0 Å². The van der Waals surface area contributed by atoms with E-state index in [1.54, 1.807) is 0 Å². The molecular weight excluding hydrogens is 290 g/mol. The van der Waals surface area contributed by atoms with E-state index in [2.05, 4.69) is 18.7 Å². The molecule has 1 fully saturated rings. The standard InChI is InChI=1S/C23H46N/c1-2-3-21-24-22-17-16-20-23-18-14-12-10-8-6-4-5-7-9-11-13-15-19-23/h12,23-24H,2-11,13-22H2,1H3. The third-order valence-corrected chi connectivity index (χ3v) is 5.72. The summed E-state index contributed by atoms with van der Waals surface area (Å²) in [6, 6.07) is 0. The van der Waals surface area contributed by atoms with Crippen LogP contribution in [0.15, 0.2) is 0 Å². The molecule has 0 heterocycles. The van der Waals surface area contributed by atoms with Crippen LogP contribution >= 0.6 is 0 Å². The fourth-order valence-electron chi connectivity index (χ4n) is 4.00. The van der Waals surface area contributed by atoms with Crippen molar-refractivity contribution in [2.45, 2.75) is 122 Å². The molecule has 0 bridgehead atoms. The Morgan fingerprint density at radius 3 is 2.12 bits per heavy atom. The average molecular weight is 337 g/mol. The highest BCUT2D eigenvalue weighted by atomic mass is 14.8. The molecule has 0 aromatic rings. The Bertz CT molecular complexity index is 222. The zero-order valence-corrected chi connectivity index (χ0v) is 16.8. The van der Waals surface area contributed by atoms with Crippen LogP contribution in [0.5, 0.6) is 0 Å². The predicted octanol–water partition coefficient (Wildman–Crippen LogP) is 7.45. The molecule has 0 spiro atoms. The minimum Gasteiger partial charge on any atom is -0.317 e. The third kappa shape index (κ3) is 14.3. The molecule has 0 amide bonds. The Balaban J connectivity index is 2.13. The molecule has 1 rings (SSSR count). The van der Waals surface area contributed by atoms with Gasteiger partial charge in [0.1, 0.15) is 0 Å². The van der Waals surface area contributed by atoms with E-state index in [0.29, 0.717) is 0 Å². The number of hydrogen-bond acceptors (Lipinski definition) is 1. The first-order valence-electron chi connectivity index (χ1n) is 11.5. The van der Waals surface area contributed by atoms with Gasteiger partial charge in [0.25, 0.3) is 0 Å². The summed E-state index contributed by atoms with van der Waals surface area (Å²) >= 11 is 0. The van der Waals surface area contributed by atoms with E-state index in [-0.39, 0.29) is 0 Å². The van der Waals surface area contributed by atoms with Crippen LogP contribution in [0.25, 0.3) is 0 Å². The highest BCUT2D eigenvalue weighted by molar-refractivity contribution is 4.70. The largest absolute Gasteiger partial charge is 0.317 e. The van der Waals surface area contributed by atoms with Gasteiger partial charge < -0.3 is 5.32 Å². The van der Waals surface area contributed by atoms with Gasteiger partial charge in [0.05, 0.1) is 0 Å². The number of rotatable bonds is 8. The van der Waals surface area contributed by atoms with Crippen molar-refractivity contribution in [3.63, 3.8) is 0 Å². The number of hydrogen-bond donors (Lipinski definition) is 1. The van der Waals surface area contributed by atoms with Gasteiger partial charge in [0.15, 0.2) is 0 Å². The zero-order chi connectivity index (χ0) is 17.1. The molecule has 0 aromatic heterocycles. The summed E-state index contributed by atoms with van der Waals surface area (Å²) in [5.74, 6) is 1.00. The van der Waals surface area contributed by atoms with E-state index in [1.165, 1.54) is 129 Å². The lowest BCUT2D eigenvalue weighted by Crippen LogP contribution is -2.16. The normalized spacial score (nSPS) is 20.4. The fourth-order valence-corrected chi connectivity index (χ4v) is 4.00. The minimum atomic E-state index is 1.00. The van der Waals surface area contributed by atoms with Crippen LogP contribution < -0.4 is 5.32 Å². The zero-order valence-electron chi connectivity index (χ0n) is 16.8. The van der Waals surface area contributed by atoms with Gasteiger partial charge in [-0.2, -0.15) is 0 Å². The van der Waals surface area contributed by atoms with Crippen molar-refractivity contribution in [1.29, 1.82) is 0 Å². The summed E-state index contributed by atoms with van der Waals surface area (Å²) in [4.78, 5) is 0. The van der Waals surface area contributed by atoms with Gasteiger partial charge >= 0.3 is 0 Å². The Morgan fingerprint density at radius 1 is 0.708 bits per heavy atom. The molecule has 1 atom stereocenters. The first kappa shape index (κ1) is 22.0. The van der Waals surface area contributed by atoms with Crippen molar-refractivity contribution in [3.05, 3.63) is 6.42 Å². The van der Waals surface area contributed by atoms with Crippen molar-refractivity contribution in [3.8, 4) is 0 Å². The van der Waals surface area contributed by atoms with E-state index in [1.807, 2.05) is 0 Å². The number of nitrogens with one attached hydrogen (secondary N) is 1. The van der Waals surface area contributed by atoms with E-state index in [0.717, 1.165) is 5.92 Å². The molecule has 1 radical (unpaired) electrons. The predicted molar refractivity (Wildman–Crippen MR) is 109 cm³/mol. The highest BCUT2D eigenvalue weighted by Gasteiger charge is 2.09. The lowest BCUT2D eigenvalue weighted by atomic mass is 9.90. The van der Waals surface area contributed by atoms with Gasteiger partial charge in [-0.1, -0.05) is 103 Å². The summed E-state index contributed by atoms with van der Waals surface area (Å²) in [5, 5.41) is 3.59. The van der Waals surface area contributed by atoms with Crippen LogP contribution in [0.2, 0.25) is 0 Å². The maximum absolute atomic E-state index is 3.59. The lowest BCUT2D eigenvalue weighted by Gasteiger charge is -2.17. The summed E-state index contributed by atoms with van der Waals surface area (Å²) in [5.41, 5.74) is 0. The Labute approximate surface area is 153 Å². The maximum atomic E-state index is 3.59. The van der Waals surface area contributed by atoms with Crippen LogP contribution in [-0.2, 0) is 0 Å². The smallest absolute Gasteiger partial charge is 0.00489 e. The Hall–Kier alpha value is -0.0400. The molecule has 1 nitrogen and oxygen atoms in total. The van der Waals surface area contributed by atoms with Crippen LogP contribution in [-0.4, -0.2) is 13.1 Å². The summed E-state index contributed by atoms with van der Waals surface area (Å²) in [6.45, 7) is 4.72. The second-order valence-corrected chi connectivity index (χ2v) is 8.09. The second-order valence-electron chi connectivity index (χ2n) is 8.09. The summed E-state index contributed by atoms with van der Waals surface area (Å²) in [7, 11) is 0. The van der Waals surface area contributed by atoms with Crippen LogP contribution in [0, 0.1) is 12.3 Å². The SMILES string of the molecule is CCCCNCCCCC1CC[CH]CCCCCCCCCCC1. The van der Waals surface area contributed by atoms with Crippen LogP contribution in [0.3, 0.4) is 0 Å². The molecule has 1 N–H and O–H groups in total. The first-order valence-corrected chi connectivity index (χ1v) is 11.5. The lowest BCUT2D eigenvalue weighted by molar-refractivity contribution is 0.380. The average Bonchev–Trinajstić information content (AvgIpc) is 2.60. The molecule has 1 saturated carbocycles. The van der Waals surface area contributed by atoms with Crippen molar-refractivity contribution in [1.82, 2.24) is 5.32 Å². The molecule has 0 saturated heterocycles. The monoisotopic (exact) mass is 336 g/mol. The van der Waals surface area contributed by atoms with Crippen LogP contribution in [0.1, 0.15) is 122 Å². The third-order valence-electron chi connectivity index (χ3n) is 5.72. The van der Waals surface area contributed by atoms with E-state index >= 15 is 0 Å². The second kappa shape index (κ2) is 17.8. The van der Waals surface area contributed by atoms with Gasteiger partial charge in [-0.3, -0.25) is 0 Å². The molecule has 0 aliphatic heterocycles. The Morgan fingerprint density at radius 2 is 1.38 bits per heavy atom. The van der Waals surface area contributed by atoms with Gasteiger partial charge in [-0.25, -0.2) is 0 Å². The van der Waals surface area contributed by atoms with E-state index in [9.17, 15) is 0 Å². The van der Waals surface area contributed by atoms with Gasteiger partial charge in [0, 0.05) is 0 Å². The molecule has 143 valence electrons. The number of unbranched alkanes of at least 4 members (excludes halogenated alkanes) is 2. The molecule has 1 unspecified atom stereocenters. The van der Waals surface area contributed by atoms with Crippen molar-refractivity contribution >= 4 is 0 Å². The van der Waals surface area contributed by atoms with E-state index < -0.39 is 0 Å². The molecule has 1 aliphatic rings. The summed E-state index contributed by atoms with van der Waals surface area (Å²) < 4.78 is 0. The molecular formula is C23H46N. The van der Waals surface area contributed by atoms with Crippen molar-refractivity contribution < 1.29 is 0 Å². The fraction of sp³-hybridized carbons (Fsp3) is 0.957. The highest BCUT2D eigenvalue weighted by Crippen LogP contribution is 2.24. The van der Waals surface area contributed by atoms with E-state index in [4.69, 9.17) is 0 Å². The van der Waals surface area contributed by atoms with Crippen molar-refractivity contribution in [2.75, 3.05) is 13.1 Å². The molecule has 0 aromatic carbocycles. The molecule has 24 heavy (non-hydrogen) atoms. The summed E-state index contributed by atoms with van der Waals surface area (Å²) in [6.07, 6.45) is 28.5. The minimum absolute atomic E-state index is 1.00. The van der Waals surface area contributed by atoms with Crippen molar-refractivity contribution in [2.24, 2.45) is 5.92 Å². The van der Waals surface area contributed by atoms with Gasteiger partial charge in [0.2, 0.25) is 0 Å². The maximum Gasteiger partial charge on any atom is -0.00489 e.